The van der Waals surface area contributed by atoms with Gasteiger partial charge in [0.2, 0.25) is 5.91 Å². The summed E-state index contributed by atoms with van der Waals surface area (Å²) in [6.45, 7) is 11.7. The molecule has 2 fully saturated rings. The van der Waals surface area contributed by atoms with E-state index in [1.54, 1.807) is 6.26 Å². The molecule has 3 heterocycles. The van der Waals surface area contributed by atoms with Gasteiger partial charge in [0, 0.05) is 45.1 Å². The van der Waals surface area contributed by atoms with Crippen LogP contribution in [0.4, 0.5) is 0 Å². The summed E-state index contributed by atoms with van der Waals surface area (Å²) in [5, 5.41) is 3.45. The predicted octanol–water partition coefficient (Wildman–Crippen LogP) is 1.91. The minimum Gasteiger partial charge on any atom is -0.469 e. The maximum Gasteiger partial charge on any atom is 0.225 e. The summed E-state index contributed by atoms with van der Waals surface area (Å²) in [5.41, 5.74) is 1.03. The van der Waals surface area contributed by atoms with Crippen molar-refractivity contribution in [3.63, 3.8) is 0 Å². The number of aliphatic imine (C=N–C) groups is 1. The Morgan fingerprint density at radius 2 is 2.00 bits per heavy atom. The van der Waals surface area contributed by atoms with Crippen LogP contribution in [-0.4, -0.2) is 74.1 Å². The van der Waals surface area contributed by atoms with Crippen molar-refractivity contribution in [2.45, 2.75) is 26.2 Å². The summed E-state index contributed by atoms with van der Waals surface area (Å²) in [5.74, 6) is 2.25. The number of hydrogen-bond acceptors (Lipinski definition) is 4. The Bertz CT molecular complexity index is 657. The topological polar surface area (TPSA) is 70.3 Å². The maximum atomic E-state index is 12.7. The van der Waals surface area contributed by atoms with Crippen molar-refractivity contribution in [1.29, 1.82) is 0 Å². The Morgan fingerprint density at radius 1 is 1.25 bits per heavy atom. The van der Waals surface area contributed by atoms with Crippen molar-refractivity contribution in [3.05, 3.63) is 36.3 Å². The van der Waals surface area contributed by atoms with E-state index in [1.165, 1.54) is 0 Å². The SMILES string of the molecule is C=C(C)CN=C(NCCc1ccco1)N1CCC(C(=O)N2CCOCC2)CC1. The second kappa shape index (κ2) is 10.3. The van der Waals surface area contributed by atoms with Crippen LogP contribution in [0, 0.1) is 5.92 Å². The van der Waals surface area contributed by atoms with E-state index in [2.05, 4.69) is 16.8 Å². The maximum absolute atomic E-state index is 12.7. The molecule has 0 aromatic carbocycles. The molecule has 1 aromatic heterocycles. The number of nitrogens with zero attached hydrogens (tertiary/aromatic N) is 3. The number of amides is 1. The zero-order valence-electron chi connectivity index (χ0n) is 16.9. The number of ether oxygens (including phenoxy) is 1. The van der Waals surface area contributed by atoms with Crippen LogP contribution in [0.3, 0.4) is 0 Å². The van der Waals surface area contributed by atoms with Gasteiger partial charge >= 0.3 is 0 Å². The minimum atomic E-state index is 0.111. The lowest BCUT2D eigenvalue weighted by Gasteiger charge is -2.36. The summed E-state index contributed by atoms with van der Waals surface area (Å²) in [6, 6.07) is 3.89. The zero-order valence-corrected chi connectivity index (χ0v) is 16.9. The third-order valence-electron chi connectivity index (χ3n) is 5.20. The normalized spacial score (nSPS) is 19.0. The van der Waals surface area contributed by atoms with Crippen molar-refractivity contribution in [2.75, 3.05) is 52.5 Å². The fourth-order valence-electron chi connectivity index (χ4n) is 3.61. The second-order valence-electron chi connectivity index (χ2n) is 7.55. The molecule has 2 aliphatic rings. The molecule has 0 bridgehead atoms. The first-order valence-electron chi connectivity index (χ1n) is 10.2. The van der Waals surface area contributed by atoms with Crippen LogP contribution >= 0.6 is 0 Å². The molecule has 0 spiro atoms. The molecule has 154 valence electrons. The fourth-order valence-corrected chi connectivity index (χ4v) is 3.61. The third-order valence-corrected chi connectivity index (χ3v) is 5.20. The Balaban J connectivity index is 1.51. The summed E-state index contributed by atoms with van der Waals surface area (Å²) >= 11 is 0. The van der Waals surface area contributed by atoms with E-state index >= 15 is 0 Å². The predicted molar refractivity (Wildman–Crippen MR) is 109 cm³/mol. The molecular weight excluding hydrogens is 356 g/mol. The van der Waals surface area contributed by atoms with Gasteiger partial charge in [-0.1, -0.05) is 12.2 Å². The van der Waals surface area contributed by atoms with Crippen LogP contribution in [0.2, 0.25) is 0 Å². The van der Waals surface area contributed by atoms with Gasteiger partial charge in [0.15, 0.2) is 5.96 Å². The number of hydrogen-bond donors (Lipinski definition) is 1. The van der Waals surface area contributed by atoms with Gasteiger partial charge in [-0.05, 0) is 31.9 Å². The van der Waals surface area contributed by atoms with Gasteiger partial charge in [-0.2, -0.15) is 0 Å². The number of carbonyl (C=O) groups is 1. The molecule has 0 unspecified atom stereocenters. The summed E-state index contributed by atoms with van der Waals surface area (Å²) < 4.78 is 10.8. The monoisotopic (exact) mass is 388 g/mol. The average molecular weight is 389 g/mol. The van der Waals surface area contributed by atoms with E-state index in [0.29, 0.717) is 19.8 Å². The smallest absolute Gasteiger partial charge is 0.225 e. The highest BCUT2D eigenvalue weighted by Crippen LogP contribution is 2.20. The minimum absolute atomic E-state index is 0.111. The highest BCUT2D eigenvalue weighted by Gasteiger charge is 2.30. The lowest BCUT2D eigenvalue weighted by atomic mass is 9.95. The van der Waals surface area contributed by atoms with Crippen LogP contribution in [0.1, 0.15) is 25.5 Å². The Kier molecular flexibility index (Phi) is 7.54. The molecule has 0 saturated carbocycles. The van der Waals surface area contributed by atoms with Crippen LogP contribution in [-0.2, 0) is 16.0 Å². The Morgan fingerprint density at radius 3 is 2.64 bits per heavy atom. The first-order chi connectivity index (χ1) is 13.6. The van der Waals surface area contributed by atoms with Crippen LogP contribution in [0.15, 0.2) is 40.0 Å². The van der Waals surface area contributed by atoms with E-state index < -0.39 is 0 Å². The first-order valence-corrected chi connectivity index (χ1v) is 10.2. The molecule has 0 aliphatic carbocycles. The van der Waals surface area contributed by atoms with E-state index in [1.807, 2.05) is 24.0 Å². The zero-order chi connectivity index (χ0) is 19.8. The molecule has 3 rings (SSSR count). The largest absolute Gasteiger partial charge is 0.469 e. The van der Waals surface area contributed by atoms with Crippen LogP contribution < -0.4 is 5.32 Å². The molecule has 7 heteroatoms. The van der Waals surface area contributed by atoms with E-state index in [-0.39, 0.29) is 11.8 Å². The summed E-state index contributed by atoms with van der Waals surface area (Å²) in [7, 11) is 0. The van der Waals surface area contributed by atoms with Crippen LogP contribution in [0.5, 0.6) is 0 Å². The number of furan rings is 1. The first kappa shape index (κ1) is 20.5. The Hall–Kier alpha value is -2.28. The quantitative estimate of drug-likeness (QED) is 0.458. The van der Waals surface area contributed by atoms with Crippen molar-refractivity contribution in [1.82, 2.24) is 15.1 Å². The number of carbonyl (C=O) groups excluding carboxylic acids is 1. The van der Waals surface area contributed by atoms with Gasteiger partial charge in [-0.25, -0.2) is 4.99 Å². The second-order valence-corrected chi connectivity index (χ2v) is 7.55. The standard InChI is InChI=1S/C21H32N4O3/c1-17(2)16-23-21(22-8-5-19-4-3-13-28-19)25-9-6-18(7-10-25)20(26)24-11-14-27-15-12-24/h3-4,13,18H,1,5-12,14-16H2,2H3,(H,22,23). The van der Waals surface area contributed by atoms with Gasteiger partial charge in [0.25, 0.3) is 0 Å². The molecular formula is C21H32N4O3. The number of piperidine rings is 1. The van der Waals surface area contributed by atoms with Gasteiger partial charge in [-0.15, -0.1) is 0 Å². The van der Waals surface area contributed by atoms with Gasteiger partial charge < -0.3 is 24.3 Å². The lowest BCUT2D eigenvalue weighted by molar-refractivity contribution is -0.140. The number of likely N-dealkylation sites (tertiary alicyclic amines) is 1. The molecule has 7 nitrogen and oxygen atoms in total. The van der Waals surface area contributed by atoms with Crippen molar-refractivity contribution in [3.8, 4) is 0 Å². The van der Waals surface area contributed by atoms with Crippen molar-refractivity contribution in [2.24, 2.45) is 10.9 Å². The van der Waals surface area contributed by atoms with Crippen molar-refractivity contribution < 1.29 is 13.9 Å². The molecule has 0 radical (unpaired) electrons. The average Bonchev–Trinajstić information content (AvgIpc) is 3.24. The molecule has 28 heavy (non-hydrogen) atoms. The van der Waals surface area contributed by atoms with Crippen molar-refractivity contribution >= 4 is 11.9 Å². The molecule has 2 saturated heterocycles. The number of morpholine rings is 1. The van der Waals surface area contributed by atoms with E-state index in [0.717, 1.165) is 69.3 Å². The molecule has 1 N–H and O–H groups in total. The summed E-state index contributed by atoms with van der Waals surface area (Å²) in [4.78, 5) is 21.7. The van der Waals surface area contributed by atoms with E-state index in [4.69, 9.17) is 14.1 Å². The van der Waals surface area contributed by atoms with Gasteiger partial charge in [0.05, 0.1) is 26.0 Å². The molecule has 2 aliphatic heterocycles. The molecule has 1 aromatic rings. The van der Waals surface area contributed by atoms with Gasteiger partial charge in [0.1, 0.15) is 5.76 Å². The number of nitrogens with one attached hydrogen (secondary N) is 1. The number of rotatable bonds is 6. The highest BCUT2D eigenvalue weighted by atomic mass is 16.5. The molecule has 1 amide bonds. The summed E-state index contributed by atoms with van der Waals surface area (Å²) in [6.07, 6.45) is 4.23. The lowest BCUT2D eigenvalue weighted by Crippen LogP contribution is -2.50. The highest BCUT2D eigenvalue weighted by molar-refractivity contribution is 5.82. The van der Waals surface area contributed by atoms with E-state index in [9.17, 15) is 4.79 Å². The van der Waals surface area contributed by atoms with Crippen LogP contribution in [0.25, 0.3) is 0 Å². The third kappa shape index (κ3) is 5.86. The van der Waals surface area contributed by atoms with Gasteiger partial charge in [-0.3, -0.25) is 4.79 Å². The fraction of sp³-hybridized carbons (Fsp3) is 0.619. The molecule has 0 atom stereocenters. The Labute approximate surface area is 167 Å². The number of guanidine groups is 1.